The topological polar surface area (TPSA) is 81.9 Å². The Morgan fingerprint density at radius 1 is 1.38 bits per heavy atom. The molecule has 1 unspecified atom stereocenters. The van der Waals surface area contributed by atoms with Crippen molar-refractivity contribution < 1.29 is 9.53 Å². The second-order valence-corrected chi connectivity index (χ2v) is 6.27. The van der Waals surface area contributed by atoms with Crippen molar-refractivity contribution in [2.75, 3.05) is 11.9 Å². The molecule has 8 heteroatoms. The summed E-state index contributed by atoms with van der Waals surface area (Å²) >= 11 is 1.46. The van der Waals surface area contributed by atoms with Crippen LogP contribution in [0.4, 0.5) is 5.69 Å². The highest BCUT2D eigenvalue weighted by Gasteiger charge is 2.22. The summed E-state index contributed by atoms with van der Waals surface area (Å²) < 4.78 is 7.22. The standard InChI is InChI=1S/C16H15N5O2S/c22-15(12-8-24-16(20-12)14-6-3-7-23-14)19-11-4-1-2-5-13(11)21-10-17-9-18-21/h1-2,4-5,8-10,14H,3,6-7H2,(H,19,22). The zero-order chi connectivity index (χ0) is 16.4. The summed E-state index contributed by atoms with van der Waals surface area (Å²) in [6, 6.07) is 7.42. The number of carbonyl (C=O) groups is 1. The van der Waals surface area contributed by atoms with Crippen LogP contribution in [-0.4, -0.2) is 32.3 Å². The minimum absolute atomic E-state index is 0.0268. The Hall–Kier alpha value is -2.58. The van der Waals surface area contributed by atoms with Crippen LogP contribution in [0.5, 0.6) is 0 Å². The van der Waals surface area contributed by atoms with Crippen LogP contribution in [0, 0.1) is 0 Å². The van der Waals surface area contributed by atoms with Gasteiger partial charge in [0.1, 0.15) is 29.5 Å². The Morgan fingerprint density at radius 2 is 2.29 bits per heavy atom. The summed E-state index contributed by atoms with van der Waals surface area (Å²) in [7, 11) is 0. The van der Waals surface area contributed by atoms with Crippen LogP contribution in [0.3, 0.4) is 0 Å². The van der Waals surface area contributed by atoms with Crippen LogP contribution in [-0.2, 0) is 4.74 Å². The number of aromatic nitrogens is 4. The number of thiazole rings is 1. The molecule has 0 spiro atoms. The Morgan fingerprint density at radius 3 is 3.08 bits per heavy atom. The highest BCUT2D eigenvalue weighted by atomic mass is 32.1. The van der Waals surface area contributed by atoms with E-state index in [-0.39, 0.29) is 12.0 Å². The molecule has 0 aliphatic carbocycles. The molecule has 0 radical (unpaired) electrons. The number of nitrogens with one attached hydrogen (secondary N) is 1. The maximum atomic E-state index is 12.5. The summed E-state index contributed by atoms with van der Waals surface area (Å²) in [6.07, 6.45) is 5.07. The Labute approximate surface area is 142 Å². The maximum absolute atomic E-state index is 12.5. The van der Waals surface area contributed by atoms with Gasteiger partial charge in [-0.1, -0.05) is 12.1 Å². The Kier molecular flexibility index (Phi) is 4.06. The molecule has 1 fully saturated rings. The van der Waals surface area contributed by atoms with Gasteiger partial charge in [0.05, 0.1) is 11.4 Å². The number of benzene rings is 1. The lowest BCUT2D eigenvalue weighted by Gasteiger charge is -2.09. The number of ether oxygens (including phenoxy) is 1. The van der Waals surface area contributed by atoms with Gasteiger partial charge in [0.25, 0.3) is 5.91 Å². The van der Waals surface area contributed by atoms with Gasteiger partial charge in [-0.15, -0.1) is 11.3 Å². The van der Waals surface area contributed by atoms with Gasteiger partial charge < -0.3 is 10.1 Å². The van der Waals surface area contributed by atoms with Gasteiger partial charge in [0.2, 0.25) is 0 Å². The van der Waals surface area contributed by atoms with Gasteiger partial charge in [-0.25, -0.2) is 14.6 Å². The molecule has 7 nitrogen and oxygen atoms in total. The predicted molar refractivity (Wildman–Crippen MR) is 89.4 cm³/mol. The fourth-order valence-electron chi connectivity index (χ4n) is 2.61. The average Bonchev–Trinajstić information content (AvgIpc) is 3.35. The second kappa shape index (κ2) is 6.50. The first-order valence-corrected chi connectivity index (χ1v) is 8.51. The highest BCUT2D eigenvalue weighted by Crippen LogP contribution is 2.30. The first-order valence-electron chi connectivity index (χ1n) is 7.63. The third kappa shape index (κ3) is 2.93. The molecule has 1 saturated heterocycles. The molecule has 1 aliphatic rings. The van der Waals surface area contributed by atoms with Crippen molar-refractivity contribution >= 4 is 22.9 Å². The van der Waals surface area contributed by atoms with Gasteiger partial charge in [0, 0.05) is 12.0 Å². The first-order chi connectivity index (χ1) is 11.8. The summed E-state index contributed by atoms with van der Waals surface area (Å²) in [5, 5.41) is 9.63. The number of amides is 1. The van der Waals surface area contributed by atoms with Crippen LogP contribution < -0.4 is 5.32 Å². The van der Waals surface area contributed by atoms with Gasteiger partial charge in [0.15, 0.2) is 0 Å². The number of para-hydroxylation sites is 2. The van der Waals surface area contributed by atoms with Crippen LogP contribution in [0.25, 0.3) is 5.69 Å². The summed E-state index contributed by atoms with van der Waals surface area (Å²) in [4.78, 5) is 20.9. The van der Waals surface area contributed by atoms with Crippen molar-refractivity contribution in [1.29, 1.82) is 0 Å². The number of anilines is 1. The molecule has 0 saturated carbocycles. The number of rotatable bonds is 4. The minimum Gasteiger partial charge on any atom is -0.371 e. The average molecular weight is 341 g/mol. The summed E-state index contributed by atoms with van der Waals surface area (Å²) in [5.41, 5.74) is 1.80. The third-order valence-corrected chi connectivity index (χ3v) is 4.71. The molecule has 2 aromatic heterocycles. The zero-order valence-corrected chi connectivity index (χ0v) is 13.6. The lowest BCUT2D eigenvalue weighted by Crippen LogP contribution is -2.14. The van der Waals surface area contributed by atoms with E-state index >= 15 is 0 Å². The van der Waals surface area contributed by atoms with Crippen LogP contribution >= 0.6 is 11.3 Å². The molecule has 1 aliphatic heterocycles. The van der Waals surface area contributed by atoms with E-state index < -0.39 is 0 Å². The number of nitrogens with zero attached hydrogens (tertiary/aromatic N) is 4. The van der Waals surface area contributed by atoms with Crippen molar-refractivity contribution in [1.82, 2.24) is 19.7 Å². The lowest BCUT2D eigenvalue weighted by atomic mass is 10.2. The molecule has 4 rings (SSSR count). The highest BCUT2D eigenvalue weighted by molar-refractivity contribution is 7.09. The van der Waals surface area contributed by atoms with E-state index in [4.69, 9.17) is 4.74 Å². The van der Waals surface area contributed by atoms with E-state index in [2.05, 4.69) is 20.4 Å². The van der Waals surface area contributed by atoms with Crippen molar-refractivity contribution in [2.24, 2.45) is 0 Å². The Bertz CT molecular complexity index is 840. The molecule has 1 aromatic carbocycles. The quantitative estimate of drug-likeness (QED) is 0.789. The van der Waals surface area contributed by atoms with Crippen LogP contribution in [0.1, 0.15) is 34.4 Å². The molecular formula is C16H15N5O2S. The number of hydrogen-bond acceptors (Lipinski definition) is 6. The molecular weight excluding hydrogens is 326 g/mol. The predicted octanol–water partition coefficient (Wildman–Crippen LogP) is 2.83. The third-order valence-electron chi connectivity index (χ3n) is 3.78. The summed E-state index contributed by atoms with van der Waals surface area (Å²) in [6.45, 7) is 0.761. The van der Waals surface area contributed by atoms with Crippen molar-refractivity contribution in [3.8, 4) is 5.69 Å². The van der Waals surface area contributed by atoms with Gasteiger partial charge in [-0.3, -0.25) is 4.79 Å². The molecule has 1 amide bonds. The monoisotopic (exact) mass is 341 g/mol. The molecule has 3 aromatic rings. The van der Waals surface area contributed by atoms with E-state index in [0.29, 0.717) is 11.4 Å². The fraction of sp³-hybridized carbons (Fsp3) is 0.250. The van der Waals surface area contributed by atoms with E-state index in [1.54, 1.807) is 16.4 Å². The summed E-state index contributed by atoms with van der Waals surface area (Å²) in [5.74, 6) is -0.247. The number of hydrogen-bond donors (Lipinski definition) is 1. The first kappa shape index (κ1) is 15.0. The number of carbonyl (C=O) groups excluding carboxylic acids is 1. The molecule has 1 N–H and O–H groups in total. The second-order valence-electron chi connectivity index (χ2n) is 5.38. The van der Waals surface area contributed by atoms with Crippen LogP contribution in [0.15, 0.2) is 42.3 Å². The van der Waals surface area contributed by atoms with E-state index in [9.17, 15) is 4.79 Å². The van der Waals surface area contributed by atoms with Gasteiger partial charge in [-0.2, -0.15) is 5.10 Å². The smallest absolute Gasteiger partial charge is 0.275 e. The maximum Gasteiger partial charge on any atom is 0.275 e. The molecule has 24 heavy (non-hydrogen) atoms. The SMILES string of the molecule is O=C(Nc1ccccc1-n1cncn1)c1csc(C2CCCO2)n1. The molecule has 1 atom stereocenters. The Balaban J connectivity index is 1.55. The molecule has 122 valence electrons. The van der Waals surface area contributed by atoms with E-state index in [1.165, 1.54) is 17.7 Å². The lowest BCUT2D eigenvalue weighted by molar-refractivity contribution is 0.101. The van der Waals surface area contributed by atoms with E-state index in [0.717, 1.165) is 30.1 Å². The molecule has 0 bridgehead atoms. The minimum atomic E-state index is -0.247. The fourth-order valence-corrected chi connectivity index (χ4v) is 3.49. The largest absolute Gasteiger partial charge is 0.371 e. The van der Waals surface area contributed by atoms with Crippen LogP contribution in [0.2, 0.25) is 0 Å². The van der Waals surface area contributed by atoms with Crippen molar-refractivity contribution in [2.45, 2.75) is 18.9 Å². The van der Waals surface area contributed by atoms with Crippen molar-refractivity contribution in [3.05, 3.63) is 53.0 Å². The van der Waals surface area contributed by atoms with Crippen molar-refractivity contribution in [3.63, 3.8) is 0 Å². The zero-order valence-electron chi connectivity index (χ0n) is 12.8. The normalized spacial score (nSPS) is 17.1. The van der Waals surface area contributed by atoms with Gasteiger partial charge in [-0.05, 0) is 25.0 Å². The molecule has 3 heterocycles. The van der Waals surface area contributed by atoms with E-state index in [1.807, 2.05) is 24.3 Å². The van der Waals surface area contributed by atoms with Gasteiger partial charge >= 0.3 is 0 Å².